The summed E-state index contributed by atoms with van der Waals surface area (Å²) in [6.07, 6.45) is 0. The summed E-state index contributed by atoms with van der Waals surface area (Å²) >= 11 is 3.58. The fraction of sp³-hybridized carbons (Fsp3) is 0. The number of thiophene rings is 2. The molecule has 16 rings (SSSR count). The number of benzene rings is 10. The molecule has 0 bridgehead atoms. The number of nitrogens with zero attached hydrogens (tertiary/aromatic N) is 4. The van der Waals surface area contributed by atoms with Crippen molar-refractivity contribution in [1.29, 1.82) is 0 Å². The Balaban J connectivity index is 0.887. The molecule has 0 aliphatic rings. The predicted octanol–water partition coefficient (Wildman–Crippen LogP) is 18.2. The van der Waals surface area contributed by atoms with Crippen molar-refractivity contribution in [1.82, 2.24) is 19.5 Å². The highest BCUT2D eigenvalue weighted by Crippen LogP contribution is 2.45. The highest BCUT2D eigenvalue weighted by Gasteiger charge is 2.23. The van der Waals surface area contributed by atoms with E-state index in [4.69, 9.17) is 23.8 Å². The molecule has 10 aromatic carbocycles. The van der Waals surface area contributed by atoms with Crippen LogP contribution in [0, 0.1) is 0 Å². The molecule has 6 aromatic heterocycles. The van der Waals surface area contributed by atoms with Gasteiger partial charge in [-0.15, -0.1) is 22.7 Å². The fourth-order valence-electron chi connectivity index (χ4n) is 11.1. The average Bonchev–Trinajstić information content (AvgIpc) is 4.25. The molecule has 0 unspecified atom stereocenters. The maximum absolute atomic E-state index is 6.90. The molecular formula is C63H34N4O2S2. The smallest absolute Gasteiger partial charge is 0.164 e. The third kappa shape index (κ3) is 5.77. The first-order valence-electron chi connectivity index (χ1n) is 23.7. The van der Waals surface area contributed by atoms with Gasteiger partial charge >= 0.3 is 0 Å². The molecule has 0 aliphatic heterocycles. The summed E-state index contributed by atoms with van der Waals surface area (Å²) < 4.78 is 20.8. The third-order valence-corrected chi connectivity index (χ3v) is 16.5. The number of hydrogen-bond donors (Lipinski definition) is 0. The summed E-state index contributed by atoms with van der Waals surface area (Å²) in [5.41, 5.74) is 11.4. The van der Waals surface area contributed by atoms with Gasteiger partial charge in [0.1, 0.15) is 16.7 Å². The minimum Gasteiger partial charge on any atom is -0.456 e. The number of rotatable bonds is 5. The lowest BCUT2D eigenvalue weighted by molar-refractivity contribution is 0.666. The zero-order chi connectivity index (χ0) is 46.3. The Bertz CT molecular complexity index is 4730. The minimum atomic E-state index is 0.581. The Labute approximate surface area is 411 Å². The van der Waals surface area contributed by atoms with Crippen molar-refractivity contribution in [2.75, 3.05) is 0 Å². The second kappa shape index (κ2) is 14.8. The van der Waals surface area contributed by atoms with Crippen LogP contribution < -0.4 is 0 Å². The van der Waals surface area contributed by atoms with Crippen LogP contribution in [0.1, 0.15) is 0 Å². The van der Waals surface area contributed by atoms with Crippen molar-refractivity contribution < 1.29 is 8.83 Å². The van der Waals surface area contributed by atoms with Gasteiger partial charge in [-0.2, -0.15) is 0 Å². The summed E-state index contributed by atoms with van der Waals surface area (Å²) in [5, 5.41) is 11.4. The molecule has 0 N–H and O–H groups in total. The summed E-state index contributed by atoms with van der Waals surface area (Å²) in [6, 6.07) is 73.0. The maximum atomic E-state index is 6.90. The molecule has 0 spiro atoms. The normalized spacial score (nSPS) is 12.2. The molecule has 0 fully saturated rings. The van der Waals surface area contributed by atoms with Crippen LogP contribution in [-0.4, -0.2) is 19.5 Å². The van der Waals surface area contributed by atoms with Crippen LogP contribution in [0.15, 0.2) is 215 Å². The van der Waals surface area contributed by atoms with Crippen molar-refractivity contribution in [3.63, 3.8) is 0 Å². The largest absolute Gasteiger partial charge is 0.456 e. The predicted molar refractivity (Wildman–Crippen MR) is 296 cm³/mol. The Morgan fingerprint density at radius 3 is 1.49 bits per heavy atom. The lowest BCUT2D eigenvalue weighted by Crippen LogP contribution is -2.00. The maximum Gasteiger partial charge on any atom is 0.164 e. The first-order chi connectivity index (χ1) is 35.2. The lowest BCUT2D eigenvalue weighted by atomic mass is 9.97. The van der Waals surface area contributed by atoms with E-state index in [-0.39, 0.29) is 0 Å². The Hall–Kier alpha value is -8.95. The van der Waals surface area contributed by atoms with Crippen molar-refractivity contribution in [2.45, 2.75) is 0 Å². The van der Waals surface area contributed by atoms with Crippen LogP contribution in [0.3, 0.4) is 0 Å². The van der Waals surface area contributed by atoms with Gasteiger partial charge in [0.25, 0.3) is 0 Å². The van der Waals surface area contributed by atoms with Crippen LogP contribution in [0.4, 0.5) is 0 Å². The van der Waals surface area contributed by atoms with Gasteiger partial charge in [-0.1, -0.05) is 140 Å². The van der Waals surface area contributed by atoms with Crippen LogP contribution in [0.5, 0.6) is 0 Å². The third-order valence-electron chi connectivity index (χ3n) is 14.3. The second-order valence-electron chi connectivity index (χ2n) is 18.2. The summed E-state index contributed by atoms with van der Waals surface area (Å²) in [5.74, 6) is 1.81. The second-order valence-corrected chi connectivity index (χ2v) is 20.4. The zero-order valence-electron chi connectivity index (χ0n) is 37.6. The van der Waals surface area contributed by atoms with Gasteiger partial charge in [0.2, 0.25) is 0 Å². The molecule has 71 heavy (non-hydrogen) atoms. The number of furan rings is 2. The van der Waals surface area contributed by atoms with Crippen molar-refractivity contribution in [3.05, 3.63) is 206 Å². The Morgan fingerprint density at radius 1 is 0.324 bits per heavy atom. The van der Waals surface area contributed by atoms with E-state index in [9.17, 15) is 0 Å². The van der Waals surface area contributed by atoms with E-state index in [0.717, 1.165) is 88.4 Å². The van der Waals surface area contributed by atoms with E-state index in [1.54, 1.807) is 22.7 Å². The molecule has 0 amide bonds. The molecule has 6 heterocycles. The van der Waals surface area contributed by atoms with Crippen molar-refractivity contribution in [2.24, 2.45) is 0 Å². The van der Waals surface area contributed by atoms with Crippen molar-refractivity contribution >= 4 is 129 Å². The van der Waals surface area contributed by atoms with E-state index in [1.807, 2.05) is 12.1 Å². The molecule has 6 nitrogen and oxygen atoms in total. The van der Waals surface area contributed by atoms with Gasteiger partial charge in [-0.25, -0.2) is 15.0 Å². The SMILES string of the molecule is c1cc(-c2nc(-c3ccc4c(c3)sc3ccccc34)nc(-c3ccc4c(c3)sc3ccccc34)n2)c2c(c1)oc1ccc(-c3cccc4oc5c(-n6c7ccccc7c7ccccc76)cccc5c34)cc12. The molecule has 16 aromatic rings. The highest BCUT2D eigenvalue weighted by molar-refractivity contribution is 7.26. The van der Waals surface area contributed by atoms with E-state index in [1.165, 1.54) is 51.1 Å². The van der Waals surface area contributed by atoms with E-state index < -0.39 is 0 Å². The molecule has 0 saturated carbocycles. The number of fused-ring (bicyclic) bond motifs is 15. The van der Waals surface area contributed by atoms with Crippen LogP contribution in [-0.2, 0) is 0 Å². The van der Waals surface area contributed by atoms with Gasteiger partial charge < -0.3 is 13.4 Å². The molecule has 0 aliphatic carbocycles. The molecule has 8 heteroatoms. The first-order valence-corrected chi connectivity index (χ1v) is 25.3. The molecule has 0 radical (unpaired) electrons. The lowest BCUT2D eigenvalue weighted by Gasteiger charge is -2.10. The van der Waals surface area contributed by atoms with Gasteiger partial charge in [0, 0.05) is 89.4 Å². The van der Waals surface area contributed by atoms with E-state index in [2.05, 4.69) is 199 Å². The van der Waals surface area contributed by atoms with Crippen molar-refractivity contribution in [3.8, 4) is 51.0 Å². The van der Waals surface area contributed by atoms with Gasteiger partial charge in [-0.05, 0) is 77.9 Å². The Kier molecular flexibility index (Phi) is 8.11. The molecule has 0 atom stereocenters. The average molecular weight is 943 g/mol. The standard InChI is InChI=1S/C63H34N4O2S2/c1-5-19-48-39(12-1)40-13-2-6-20-49(40)67(48)50-21-9-17-45-58-38(16-10-23-53(58)69-60(45)50)35-28-31-51-47(32-35)59-46(18-11-22-52(59)68-51)63-65-61(36-26-29-43-41-14-3-7-24-54(41)70-56(43)33-36)64-62(66-63)37-27-30-44-42-15-4-8-25-55(42)71-57(44)34-37/h1-34H. The van der Waals surface area contributed by atoms with E-state index >= 15 is 0 Å². The topological polar surface area (TPSA) is 69.9 Å². The van der Waals surface area contributed by atoms with Gasteiger partial charge in [-0.3, -0.25) is 0 Å². The summed E-state index contributed by atoms with van der Waals surface area (Å²) in [4.78, 5) is 15.9. The van der Waals surface area contributed by atoms with E-state index in [0.29, 0.717) is 17.5 Å². The molecular weight excluding hydrogens is 909 g/mol. The molecule has 0 saturated heterocycles. The number of aromatic nitrogens is 4. The minimum absolute atomic E-state index is 0.581. The molecule has 330 valence electrons. The quantitative estimate of drug-likeness (QED) is 0.172. The first kappa shape index (κ1) is 39.0. The fourth-order valence-corrected chi connectivity index (χ4v) is 13.4. The Morgan fingerprint density at radius 2 is 0.831 bits per heavy atom. The van der Waals surface area contributed by atoms with Gasteiger partial charge in [0.05, 0.1) is 16.7 Å². The zero-order valence-corrected chi connectivity index (χ0v) is 39.2. The summed E-state index contributed by atoms with van der Waals surface area (Å²) in [7, 11) is 0. The summed E-state index contributed by atoms with van der Waals surface area (Å²) in [6.45, 7) is 0. The highest BCUT2D eigenvalue weighted by atomic mass is 32.1. The van der Waals surface area contributed by atoms with Crippen LogP contribution in [0.2, 0.25) is 0 Å². The van der Waals surface area contributed by atoms with Gasteiger partial charge in [0.15, 0.2) is 23.1 Å². The van der Waals surface area contributed by atoms with Crippen LogP contribution in [0.25, 0.3) is 157 Å². The van der Waals surface area contributed by atoms with Crippen LogP contribution >= 0.6 is 22.7 Å². The monoisotopic (exact) mass is 942 g/mol. The number of hydrogen-bond acceptors (Lipinski definition) is 7. The number of para-hydroxylation sites is 3.